The summed E-state index contributed by atoms with van der Waals surface area (Å²) >= 11 is 0. The highest BCUT2D eigenvalue weighted by atomic mass is 19.1. The van der Waals surface area contributed by atoms with E-state index >= 15 is 0 Å². The van der Waals surface area contributed by atoms with Gasteiger partial charge >= 0.3 is 5.97 Å². The zero-order valence-corrected chi connectivity index (χ0v) is 19.2. The summed E-state index contributed by atoms with van der Waals surface area (Å²) in [6, 6.07) is 13.0. The molecule has 0 aliphatic heterocycles. The van der Waals surface area contributed by atoms with Gasteiger partial charge in [-0.2, -0.15) is 0 Å². The Morgan fingerprint density at radius 1 is 0.971 bits per heavy atom. The van der Waals surface area contributed by atoms with E-state index in [0.717, 1.165) is 25.3 Å². The number of nitrogens with zero attached hydrogens (tertiary/aromatic N) is 1. The SMILES string of the molecule is Cc1cc(-n2c(C3(O)CCCCC3)c(-c3ccc(C(=O)O)cc3)c3c(O)cc(F)cc32)ccc1F. The van der Waals surface area contributed by atoms with Crippen molar-refractivity contribution in [2.45, 2.75) is 44.6 Å². The van der Waals surface area contributed by atoms with Crippen molar-refractivity contribution in [1.29, 1.82) is 0 Å². The Morgan fingerprint density at radius 3 is 2.29 bits per heavy atom. The fraction of sp³-hybridized carbons (Fsp3) is 0.250. The van der Waals surface area contributed by atoms with Crippen LogP contribution in [-0.2, 0) is 5.60 Å². The predicted octanol–water partition coefficient (Wildman–Crippen LogP) is 6.44. The van der Waals surface area contributed by atoms with E-state index in [1.165, 1.54) is 24.3 Å². The van der Waals surface area contributed by atoms with Gasteiger partial charge in [0.25, 0.3) is 0 Å². The number of carbonyl (C=O) groups is 1. The standard InChI is InChI=1S/C28H25F2NO4/c1-16-13-20(9-10-21(16)30)31-22-14-19(29)15-23(32)25(22)24(17-5-7-18(8-6-17)27(33)34)26(31)28(35)11-3-2-4-12-28/h5-10,13-15,32,35H,2-4,11-12H2,1H3,(H,33,34). The van der Waals surface area contributed by atoms with Crippen LogP contribution >= 0.6 is 0 Å². The lowest BCUT2D eigenvalue weighted by Crippen LogP contribution is -2.31. The summed E-state index contributed by atoms with van der Waals surface area (Å²) in [5.74, 6) is -2.41. The second-order valence-corrected chi connectivity index (χ2v) is 9.29. The number of hydrogen-bond acceptors (Lipinski definition) is 3. The van der Waals surface area contributed by atoms with E-state index in [2.05, 4.69) is 0 Å². The first-order valence-electron chi connectivity index (χ1n) is 11.6. The Balaban J connectivity index is 1.93. The van der Waals surface area contributed by atoms with E-state index in [1.807, 2.05) is 0 Å². The first-order valence-corrected chi connectivity index (χ1v) is 11.6. The maximum Gasteiger partial charge on any atom is 0.335 e. The van der Waals surface area contributed by atoms with Crippen molar-refractivity contribution < 1.29 is 28.9 Å². The van der Waals surface area contributed by atoms with E-state index < -0.39 is 17.4 Å². The fourth-order valence-electron chi connectivity index (χ4n) is 5.27. The molecule has 4 aromatic rings. The number of phenolic OH excluding ortho intramolecular Hbond substituents is 1. The van der Waals surface area contributed by atoms with Crippen molar-refractivity contribution in [2.24, 2.45) is 0 Å². The number of carboxylic acids is 1. The van der Waals surface area contributed by atoms with Crippen molar-refractivity contribution in [3.63, 3.8) is 0 Å². The quantitative estimate of drug-likeness (QED) is 0.316. The Kier molecular flexibility index (Phi) is 5.60. The number of aryl methyl sites for hydroxylation is 1. The molecule has 3 aromatic carbocycles. The lowest BCUT2D eigenvalue weighted by atomic mass is 9.79. The lowest BCUT2D eigenvalue weighted by Gasteiger charge is -2.34. The molecule has 3 N–H and O–H groups in total. The van der Waals surface area contributed by atoms with Crippen LogP contribution < -0.4 is 0 Å². The lowest BCUT2D eigenvalue weighted by molar-refractivity contribution is -0.00520. The zero-order valence-electron chi connectivity index (χ0n) is 19.2. The molecule has 35 heavy (non-hydrogen) atoms. The number of carboxylic acid groups (broad SMARTS) is 1. The van der Waals surface area contributed by atoms with Crippen LogP contribution in [0.3, 0.4) is 0 Å². The molecule has 0 unspecified atom stereocenters. The highest BCUT2D eigenvalue weighted by Crippen LogP contribution is 2.49. The van der Waals surface area contributed by atoms with Gasteiger partial charge < -0.3 is 19.9 Å². The molecular formula is C28H25F2NO4. The van der Waals surface area contributed by atoms with Gasteiger partial charge in [-0.1, -0.05) is 31.4 Å². The van der Waals surface area contributed by atoms with Crippen molar-refractivity contribution in [3.8, 4) is 22.6 Å². The maximum absolute atomic E-state index is 14.6. The molecule has 1 saturated carbocycles. The number of halogens is 2. The summed E-state index contributed by atoms with van der Waals surface area (Å²) in [4.78, 5) is 11.4. The third-order valence-electron chi connectivity index (χ3n) is 6.95. The minimum atomic E-state index is -1.29. The van der Waals surface area contributed by atoms with Gasteiger partial charge in [0.2, 0.25) is 0 Å². The molecular weight excluding hydrogens is 452 g/mol. The van der Waals surface area contributed by atoms with Crippen LogP contribution in [0.2, 0.25) is 0 Å². The van der Waals surface area contributed by atoms with Crippen LogP contribution in [0.1, 0.15) is 53.7 Å². The summed E-state index contributed by atoms with van der Waals surface area (Å²) in [7, 11) is 0. The highest BCUT2D eigenvalue weighted by Gasteiger charge is 2.39. The smallest absolute Gasteiger partial charge is 0.335 e. The number of aromatic nitrogens is 1. The molecule has 0 radical (unpaired) electrons. The molecule has 0 bridgehead atoms. The largest absolute Gasteiger partial charge is 0.507 e. The zero-order chi connectivity index (χ0) is 24.9. The summed E-state index contributed by atoms with van der Waals surface area (Å²) in [5, 5.41) is 32.6. The van der Waals surface area contributed by atoms with E-state index in [1.54, 1.807) is 35.8 Å². The number of rotatable bonds is 4. The van der Waals surface area contributed by atoms with Crippen molar-refractivity contribution in [2.75, 3.05) is 0 Å². The second kappa shape index (κ2) is 8.50. The molecule has 5 nitrogen and oxygen atoms in total. The molecule has 7 heteroatoms. The van der Waals surface area contributed by atoms with Crippen LogP contribution in [0.5, 0.6) is 5.75 Å². The van der Waals surface area contributed by atoms with Gasteiger partial charge in [0, 0.05) is 17.3 Å². The van der Waals surface area contributed by atoms with Gasteiger partial charge in [0.15, 0.2) is 0 Å². The molecule has 180 valence electrons. The third kappa shape index (κ3) is 3.86. The topological polar surface area (TPSA) is 82.7 Å². The van der Waals surface area contributed by atoms with Gasteiger partial charge in [-0.25, -0.2) is 13.6 Å². The van der Waals surface area contributed by atoms with Crippen molar-refractivity contribution in [3.05, 3.63) is 83.1 Å². The number of aliphatic hydroxyl groups is 1. The summed E-state index contributed by atoms with van der Waals surface area (Å²) in [5.41, 5.74) is 1.61. The Hall–Kier alpha value is -3.71. The van der Waals surface area contributed by atoms with Gasteiger partial charge in [-0.05, 0) is 67.3 Å². The first-order chi connectivity index (χ1) is 16.7. The molecule has 1 heterocycles. The van der Waals surface area contributed by atoms with E-state index in [9.17, 15) is 28.9 Å². The first kappa shape index (κ1) is 23.1. The van der Waals surface area contributed by atoms with Gasteiger partial charge in [-0.3, -0.25) is 0 Å². The van der Waals surface area contributed by atoms with Crippen LogP contribution in [0.25, 0.3) is 27.7 Å². The average molecular weight is 478 g/mol. The second-order valence-electron chi connectivity index (χ2n) is 9.29. The molecule has 1 aliphatic carbocycles. The summed E-state index contributed by atoms with van der Waals surface area (Å²) in [6.07, 6.45) is 3.48. The molecule has 0 saturated heterocycles. The molecule has 0 atom stereocenters. The minimum Gasteiger partial charge on any atom is -0.507 e. The third-order valence-corrected chi connectivity index (χ3v) is 6.95. The van der Waals surface area contributed by atoms with Gasteiger partial charge in [0.05, 0.1) is 22.2 Å². The number of aromatic carboxylic acids is 1. The highest BCUT2D eigenvalue weighted by molar-refractivity contribution is 6.04. The van der Waals surface area contributed by atoms with E-state index in [0.29, 0.717) is 51.8 Å². The number of benzene rings is 3. The van der Waals surface area contributed by atoms with Crippen LogP contribution in [0.15, 0.2) is 54.6 Å². The normalized spacial score (nSPS) is 15.4. The maximum atomic E-state index is 14.6. The van der Waals surface area contributed by atoms with Crippen molar-refractivity contribution >= 4 is 16.9 Å². The molecule has 1 aromatic heterocycles. The number of fused-ring (bicyclic) bond motifs is 1. The van der Waals surface area contributed by atoms with Crippen LogP contribution in [0, 0.1) is 18.6 Å². The Morgan fingerprint density at radius 2 is 1.66 bits per heavy atom. The van der Waals surface area contributed by atoms with Gasteiger partial charge in [-0.15, -0.1) is 0 Å². The molecule has 0 spiro atoms. The van der Waals surface area contributed by atoms with Gasteiger partial charge in [0.1, 0.15) is 23.0 Å². The summed E-state index contributed by atoms with van der Waals surface area (Å²) in [6.45, 7) is 1.63. The monoisotopic (exact) mass is 477 g/mol. The summed E-state index contributed by atoms with van der Waals surface area (Å²) < 4.78 is 30.5. The van der Waals surface area contributed by atoms with Crippen LogP contribution in [-0.4, -0.2) is 25.9 Å². The molecule has 5 rings (SSSR count). The van der Waals surface area contributed by atoms with E-state index in [4.69, 9.17) is 0 Å². The van der Waals surface area contributed by atoms with Crippen molar-refractivity contribution in [1.82, 2.24) is 4.57 Å². The minimum absolute atomic E-state index is 0.0971. The average Bonchev–Trinajstić information content (AvgIpc) is 3.17. The number of hydrogen-bond donors (Lipinski definition) is 3. The van der Waals surface area contributed by atoms with E-state index in [-0.39, 0.29) is 17.1 Å². The Bertz CT molecular complexity index is 1450. The predicted molar refractivity (Wildman–Crippen MR) is 129 cm³/mol. The molecule has 1 fully saturated rings. The number of aromatic hydroxyl groups is 1. The fourth-order valence-corrected chi connectivity index (χ4v) is 5.27. The van der Waals surface area contributed by atoms with Crippen LogP contribution in [0.4, 0.5) is 8.78 Å². The number of phenols is 1. The Labute approximate surface area is 200 Å². The molecule has 1 aliphatic rings. The molecule has 0 amide bonds.